The molecule has 23 heavy (non-hydrogen) atoms. The Balaban J connectivity index is 1.52. The fourth-order valence-electron chi connectivity index (χ4n) is 3.89. The molecule has 1 amide bonds. The highest BCUT2D eigenvalue weighted by Crippen LogP contribution is 2.26. The van der Waals surface area contributed by atoms with Crippen LogP contribution in [-0.4, -0.2) is 29.9 Å². The number of rotatable bonds is 6. The number of amides is 1. The lowest BCUT2D eigenvalue weighted by Crippen LogP contribution is -2.31. The molecular weight excluding hydrogens is 286 g/mol. The van der Waals surface area contributed by atoms with Gasteiger partial charge >= 0.3 is 0 Å². The van der Waals surface area contributed by atoms with Crippen LogP contribution in [0.2, 0.25) is 0 Å². The highest BCUT2D eigenvalue weighted by atomic mass is 16.1. The Morgan fingerprint density at radius 2 is 1.87 bits per heavy atom. The average molecular weight is 315 g/mol. The van der Waals surface area contributed by atoms with E-state index >= 15 is 0 Å². The first kappa shape index (κ1) is 16.5. The monoisotopic (exact) mass is 315 g/mol. The summed E-state index contributed by atoms with van der Waals surface area (Å²) in [6.45, 7) is 4.02. The van der Waals surface area contributed by atoms with Crippen molar-refractivity contribution in [1.29, 1.82) is 0 Å². The zero-order valence-electron chi connectivity index (χ0n) is 14.0. The standard InChI is InChI=1S/C19H29N3O/c20-18-9-5-8-15(18)12-19(23)21-13-16-6-1-2-7-17(16)14-22-10-3-4-11-22/h1-2,6-7,15,18H,3-5,8-14,20H2,(H,21,23)/t15-,18+/m0/s1. The molecule has 1 aliphatic heterocycles. The molecular formula is C19H29N3O. The third-order valence-corrected chi connectivity index (χ3v) is 5.35. The maximum Gasteiger partial charge on any atom is 0.220 e. The van der Waals surface area contributed by atoms with Crippen LogP contribution in [0, 0.1) is 5.92 Å². The number of nitrogens with two attached hydrogens (primary N) is 1. The lowest BCUT2D eigenvalue weighted by Gasteiger charge is -2.18. The van der Waals surface area contributed by atoms with Crippen LogP contribution in [0.5, 0.6) is 0 Å². The molecule has 2 aliphatic rings. The fourth-order valence-corrected chi connectivity index (χ4v) is 3.89. The van der Waals surface area contributed by atoms with Crippen LogP contribution in [0.3, 0.4) is 0 Å². The molecule has 126 valence electrons. The largest absolute Gasteiger partial charge is 0.352 e. The Kier molecular flexibility index (Phi) is 5.68. The molecule has 0 aromatic heterocycles. The van der Waals surface area contributed by atoms with Gasteiger partial charge in [0, 0.05) is 25.6 Å². The van der Waals surface area contributed by atoms with E-state index in [4.69, 9.17) is 5.73 Å². The van der Waals surface area contributed by atoms with Crippen molar-refractivity contribution in [2.75, 3.05) is 13.1 Å². The first-order chi connectivity index (χ1) is 11.2. The molecule has 2 atom stereocenters. The molecule has 1 saturated heterocycles. The summed E-state index contributed by atoms with van der Waals surface area (Å²) in [5, 5.41) is 3.10. The minimum absolute atomic E-state index is 0.142. The molecule has 4 nitrogen and oxygen atoms in total. The number of carbonyl (C=O) groups excluding carboxylic acids is 1. The van der Waals surface area contributed by atoms with Crippen molar-refractivity contribution in [2.45, 2.75) is 57.7 Å². The minimum Gasteiger partial charge on any atom is -0.352 e. The van der Waals surface area contributed by atoms with E-state index in [1.807, 2.05) is 0 Å². The van der Waals surface area contributed by atoms with E-state index in [-0.39, 0.29) is 11.9 Å². The van der Waals surface area contributed by atoms with Crippen molar-refractivity contribution in [1.82, 2.24) is 10.2 Å². The molecule has 1 aliphatic carbocycles. The molecule has 4 heteroatoms. The Morgan fingerprint density at radius 3 is 2.57 bits per heavy atom. The highest BCUT2D eigenvalue weighted by molar-refractivity contribution is 5.76. The third kappa shape index (κ3) is 4.55. The quantitative estimate of drug-likeness (QED) is 0.847. The summed E-state index contributed by atoms with van der Waals surface area (Å²) in [7, 11) is 0. The maximum atomic E-state index is 12.2. The van der Waals surface area contributed by atoms with Crippen LogP contribution in [-0.2, 0) is 17.9 Å². The SMILES string of the molecule is N[C@@H]1CCC[C@H]1CC(=O)NCc1ccccc1CN1CCCC1. The van der Waals surface area contributed by atoms with Crippen molar-refractivity contribution in [3.05, 3.63) is 35.4 Å². The number of hydrogen-bond donors (Lipinski definition) is 2. The van der Waals surface area contributed by atoms with E-state index < -0.39 is 0 Å². The van der Waals surface area contributed by atoms with Gasteiger partial charge in [-0.3, -0.25) is 9.69 Å². The predicted octanol–water partition coefficient (Wildman–Crippen LogP) is 2.42. The molecule has 3 N–H and O–H groups in total. The second kappa shape index (κ2) is 7.93. The first-order valence-electron chi connectivity index (χ1n) is 9.04. The third-order valence-electron chi connectivity index (χ3n) is 5.35. The lowest BCUT2D eigenvalue weighted by molar-refractivity contribution is -0.122. The second-order valence-corrected chi connectivity index (χ2v) is 7.09. The van der Waals surface area contributed by atoms with Crippen molar-refractivity contribution in [2.24, 2.45) is 11.7 Å². The van der Waals surface area contributed by atoms with Gasteiger partial charge in [-0.05, 0) is 55.8 Å². The molecule has 1 aromatic rings. The van der Waals surface area contributed by atoms with Gasteiger partial charge in [-0.2, -0.15) is 0 Å². The smallest absolute Gasteiger partial charge is 0.220 e. The van der Waals surface area contributed by atoms with Gasteiger partial charge in [-0.1, -0.05) is 30.7 Å². The van der Waals surface area contributed by atoms with Gasteiger partial charge in [-0.15, -0.1) is 0 Å². The van der Waals surface area contributed by atoms with Crippen LogP contribution >= 0.6 is 0 Å². The summed E-state index contributed by atoms with van der Waals surface area (Å²) in [6, 6.07) is 8.68. The Morgan fingerprint density at radius 1 is 1.13 bits per heavy atom. The van der Waals surface area contributed by atoms with Crippen molar-refractivity contribution in [3.63, 3.8) is 0 Å². The molecule has 0 unspecified atom stereocenters. The van der Waals surface area contributed by atoms with Crippen molar-refractivity contribution in [3.8, 4) is 0 Å². The van der Waals surface area contributed by atoms with Gasteiger partial charge in [0.05, 0.1) is 0 Å². The molecule has 0 bridgehead atoms. The average Bonchev–Trinajstić information content (AvgIpc) is 3.19. The second-order valence-electron chi connectivity index (χ2n) is 7.09. The molecule has 0 radical (unpaired) electrons. The Labute approximate surface area is 139 Å². The zero-order valence-corrected chi connectivity index (χ0v) is 14.0. The number of benzene rings is 1. The Hall–Kier alpha value is -1.39. The molecule has 0 spiro atoms. The van der Waals surface area contributed by atoms with Gasteiger partial charge in [0.1, 0.15) is 0 Å². The van der Waals surface area contributed by atoms with Crippen LogP contribution in [0.15, 0.2) is 24.3 Å². The summed E-state index contributed by atoms with van der Waals surface area (Å²) in [6.07, 6.45) is 6.52. The molecule has 1 heterocycles. The number of likely N-dealkylation sites (tertiary alicyclic amines) is 1. The number of nitrogens with one attached hydrogen (secondary N) is 1. The molecule has 2 fully saturated rings. The van der Waals surface area contributed by atoms with E-state index in [1.54, 1.807) is 0 Å². The van der Waals surface area contributed by atoms with E-state index in [0.717, 1.165) is 25.8 Å². The van der Waals surface area contributed by atoms with Gasteiger partial charge in [-0.25, -0.2) is 0 Å². The Bertz CT molecular complexity index is 525. The van der Waals surface area contributed by atoms with Crippen LogP contribution < -0.4 is 11.1 Å². The predicted molar refractivity (Wildman–Crippen MR) is 92.7 cm³/mol. The van der Waals surface area contributed by atoms with Crippen LogP contribution in [0.4, 0.5) is 0 Å². The maximum absolute atomic E-state index is 12.2. The lowest BCUT2D eigenvalue weighted by atomic mass is 10.00. The van der Waals surface area contributed by atoms with Crippen LogP contribution in [0.25, 0.3) is 0 Å². The zero-order chi connectivity index (χ0) is 16.1. The summed E-state index contributed by atoms with van der Waals surface area (Å²) in [4.78, 5) is 14.7. The van der Waals surface area contributed by atoms with E-state index in [1.165, 1.54) is 37.1 Å². The minimum atomic E-state index is 0.142. The first-order valence-corrected chi connectivity index (χ1v) is 9.04. The van der Waals surface area contributed by atoms with Crippen molar-refractivity contribution >= 4 is 5.91 Å². The van der Waals surface area contributed by atoms with E-state index in [0.29, 0.717) is 18.9 Å². The van der Waals surface area contributed by atoms with Gasteiger partial charge in [0.25, 0.3) is 0 Å². The van der Waals surface area contributed by atoms with Gasteiger partial charge in [0.2, 0.25) is 5.91 Å². The molecule has 1 saturated carbocycles. The highest BCUT2D eigenvalue weighted by Gasteiger charge is 2.25. The molecule has 3 rings (SSSR count). The topological polar surface area (TPSA) is 58.4 Å². The fraction of sp³-hybridized carbons (Fsp3) is 0.632. The molecule has 1 aromatic carbocycles. The number of carbonyl (C=O) groups is 1. The number of nitrogens with zero attached hydrogens (tertiary/aromatic N) is 1. The van der Waals surface area contributed by atoms with Gasteiger partial charge in [0.15, 0.2) is 0 Å². The van der Waals surface area contributed by atoms with E-state index in [9.17, 15) is 4.79 Å². The summed E-state index contributed by atoms with van der Waals surface area (Å²) >= 11 is 0. The summed E-state index contributed by atoms with van der Waals surface area (Å²) in [5.74, 6) is 0.512. The summed E-state index contributed by atoms with van der Waals surface area (Å²) in [5.41, 5.74) is 8.64. The normalized spacial score (nSPS) is 24.9. The van der Waals surface area contributed by atoms with Gasteiger partial charge < -0.3 is 11.1 Å². The summed E-state index contributed by atoms with van der Waals surface area (Å²) < 4.78 is 0. The number of hydrogen-bond acceptors (Lipinski definition) is 3. The van der Waals surface area contributed by atoms with Crippen molar-refractivity contribution < 1.29 is 4.79 Å². The van der Waals surface area contributed by atoms with Crippen LogP contribution in [0.1, 0.15) is 49.7 Å². The van der Waals surface area contributed by atoms with E-state index in [2.05, 4.69) is 34.5 Å².